The summed E-state index contributed by atoms with van der Waals surface area (Å²) in [6.07, 6.45) is 9.95. The molecule has 0 bridgehead atoms. The second kappa shape index (κ2) is 7.43. The Kier molecular flexibility index (Phi) is 4.68. The Hall–Kier alpha value is -3.09. The largest absolute Gasteiger partial charge is 0.342 e. The van der Waals surface area contributed by atoms with Crippen LogP contribution in [0.1, 0.15) is 24.3 Å². The van der Waals surface area contributed by atoms with Crippen molar-refractivity contribution in [1.29, 1.82) is 0 Å². The molecule has 0 radical (unpaired) electrons. The van der Waals surface area contributed by atoms with Gasteiger partial charge in [0.25, 0.3) is 0 Å². The summed E-state index contributed by atoms with van der Waals surface area (Å²) in [5, 5.41) is 4.04. The van der Waals surface area contributed by atoms with E-state index >= 15 is 0 Å². The summed E-state index contributed by atoms with van der Waals surface area (Å²) in [7, 11) is 0. The highest BCUT2D eigenvalue weighted by Gasteiger charge is 2.27. The number of hydrogen-bond acceptors (Lipinski definition) is 5. The van der Waals surface area contributed by atoms with Gasteiger partial charge in [-0.15, -0.1) is 0 Å². The van der Waals surface area contributed by atoms with Crippen LogP contribution in [0.5, 0.6) is 0 Å². The van der Waals surface area contributed by atoms with Gasteiger partial charge in [-0.3, -0.25) is 19.4 Å². The lowest BCUT2D eigenvalue weighted by molar-refractivity contribution is -0.130. The number of pyridine rings is 2. The van der Waals surface area contributed by atoms with Crippen molar-refractivity contribution in [3.8, 4) is 11.3 Å². The van der Waals surface area contributed by atoms with E-state index in [2.05, 4.69) is 32.2 Å². The van der Waals surface area contributed by atoms with Crippen molar-refractivity contribution in [3.05, 3.63) is 61.1 Å². The first-order chi connectivity index (χ1) is 12.8. The van der Waals surface area contributed by atoms with Crippen LogP contribution in [-0.4, -0.2) is 48.6 Å². The van der Waals surface area contributed by atoms with Gasteiger partial charge in [-0.05, 0) is 36.2 Å². The van der Waals surface area contributed by atoms with E-state index in [-0.39, 0.29) is 5.91 Å². The topological polar surface area (TPSA) is 76.8 Å². The van der Waals surface area contributed by atoms with E-state index in [0.29, 0.717) is 18.9 Å². The predicted molar refractivity (Wildman–Crippen MR) is 96.0 cm³/mol. The second-order valence-corrected chi connectivity index (χ2v) is 6.44. The normalized spacial score (nSPS) is 16.8. The number of carbonyl (C=O) groups is 1. The van der Waals surface area contributed by atoms with Crippen LogP contribution < -0.4 is 0 Å². The van der Waals surface area contributed by atoms with Crippen molar-refractivity contribution in [3.63, 3.8) is 0 Å². The minimum atomic E-state index is 0.173. The third-order valence-electron chi connectivity index (χ3n) is 4.79. The molecule has 0 aromatic carbocycles. The highest BCUT2D eigenvalue weighted by Crippen LogP contribution is 2.29. The van der Waals surface area contributed by atoms with Gasteiger partial charge in [0, 0.05) is 49.6 Å². The highest BCUT2D eigenvalue weighted by atomic mass is 16.2. The molecule has 0 aliphatic carbocycles. The fourth-order valence-corrected chi connectivity index (χ4v) is 3.36. The zero-order chi connectivity index (χ0) is 17.8. The smallest absolute Gasteiger partial charge is 0.224 e. The molecule has 4 heterocycles. The van der Waals surface area contributed by atoms with Crippen molar-refractivity contribution in [2.24, 2.45) is 0 Å². The molecule has 1 amide bonds. The average molecular weight is 348 g/mol. The molecule has 7 nitrogen and oxygen atoms in total. The summed E-state index contributed by atoms with van der Waals surface area (Å²) < 4.78 is 1.69. The van der Waals surface area contributed by atoms with E-state index in [1.807, 2.05) is 23.2 Å². The lowest BCUT2D eigenvalue weighted by atomic mass is 9.97. The first-order valence-electron chi connectivity index (χ1n) is 8.76. The van der Waals surface area contributed by atoms with Gasteiger partial charge >= 0.3 is 0 Å². The van der Waals surface area contributed by atoms with Crippen LogP contribution >= 0.6 is 0 Å². The number of likely N-dealkylation sites (tertiary alicyclic amines) is 1. The van der Waals surface area contributed by atoms with Gasteiger partial charge in [0.1, 0.15) is 12.7 Å². The molecule has 0 spiro atoms. The van der Waals surface area contributed by atoms with Crippen LogP contribution in [0.4, 0.5) is 0 Å². The van der Waals surface area contributed by atoms with Gasteiger partial charge in [0.2, 0.25) is 5.91 Å². The molecule has 4 rings (SSSR count). The molecule has 3 aromatic heterocycles. The third-order valence-corrected chi connectivity index (χ3v) is 4.79. The fourth-order valence-electron chi connectivity index (χ4n) is 3.36. The molecular weight excluding hydrogens is 328 g/mol. The molecule has 132 valence electrons. The lowest BCUT2D eigenvalue weighted by Gasteiger charge is -2.17. The molecule has 7 heteroatoms. The standard InChI is InChI=1S/C19H20N6O/c26-19(5-10-25-14-21-13-23-25)24-9-4-17(12-24)16-3-8-22-18(11-16)15-1-6-20-7-2-15/h1-3,6-8,11,13-14,17H,4-5,9-10,12H2/t17-/m1/s1. The molecule has 0 N–H and O–H groups in total. The Balaban J connectivity index is 1.40. The molecule has 0 saturated carbocycles. The molecule has 0 unspecified atom stereocenters. The zero-order valence-electron chi connectivity index (χ0n) is 14.4. The number of aromatic nitrogens is 5. The van der Waals surface area contributed by atoms with Crippen LogP contribution in [-0.2, 0) is 11.3 Å². The average Bonchev–Trinajstić information content (AvgIpc) is 3.39. The molecule has 1 fully saturated rings. The SMILES string of the molecule is O=C(CCn1cncn1)N1CC[C@@H](c2ccnc(-c3ccncc3)c2)C1. The predicted octanol–water partition coefficient (Wildman–Crippen LogP) is 2.14. The number of nitrogens with zero attached hydrogens (tertiary/aromatic N) is 6. The maximum atomic E-state index is 12.5. The van der Waals surface area contributed by atoms with Gasteiger partial charge < -0.3 is 4.90 Å². The summed E-state index contributed by atoms with van der Waals surface area (Å²) in [4.78, 5) is 26.8. The summed E-state index contributed by atoms with van der Waals surface area (Å²) in [6, 6.07) is 8.10. The molecule has 3 aromatic rings. The molecule has 26 heavy (non-hydrogen) atoms. The quantitative estimate of drug-likeness (QED) is 0.706. The van der Waals surface area contributed by atoms with Crippen molar-refractivity contribution < 1.29 is 4.79 Å². The van der Waals surface area contributed by atoms with Gasteiger partial charge in [-0.2, -0.15) is 5.10 Å². The van der Waals surface area contributed by atoms with E-state index < -0.39 is 0 Å². The molecular formula is C19H20N6O. The monoisotopic (exact) mass is 348 g/mol. The molecule has 1 aliphatic heterocycles. The summed E-state index contributed by atoms with van der Waals surface area (Å²) in [5.74, 6) is 0.528. The summed E-state index contributed by atoms with van der Waals surface area (Å²) in [5.41, 5.74) is 3.24. The first kappa shape index (κ1) is 16.4. The molecule has 1 saturated heterocycles. The zero-order valence-corrected chi connectivity index (χ0v) is 14.4. The maximum Gasteiger partial charge on any atom is 0.224 e. The van der Waals surface area contributed by atoms with Gasteiger partial charge in [0.05, 0.1) is 12.2 Å². The van der Waals surface area contributed by atoms with E-state index in [1.165, 1.54) is 11.9 Å². The van der Waals surface area contributed by atoms with Crippen molar-refractivity contribution in [1.82, 2.24) is 29.6 Å². The van der Waals surface area contributed by atoms with Crippen molar-refractivity contribution in [2.45, 2.75) is 25.3 Å². The van der Waals surface area contributed by atoms with E-state index in [4.69, 9.17) is 0 Å². The first-order valence-corrected chi connectivity index (χ1v) is 8.76. The van der Waals surface area contributed by atoms with Gasteiger partial charge in [0.15, 0.2) is 0 Å². The number of carbonyl (C=O) groups excluding carboxylic acids is 1. The highest BCUT2D eigenvalue weighted by molar-refractivity contribution is 5.76. The Morgan fingerprint density at radius 3 is 2.85 bits per heavy atom. The van der Waals surface area contributed by atoms with Gasteiger partial charge in [-0.25, -0.2) is 4.98 Å². The van der Waals surface area contributed by atoms with Gasteiger partial charge in [-0.1, -0.05) is 0 Å². The summed E-state index contributed by atoms with van der Waals surface area (Å²) in [6.45, 7) is 2.13. The number of hydrogen-bond donors (Lipinski definition) is 0. The van der Waals surface area contributed by atoms with Crippen molar-refractivity contribution in [2.75, 3.05) is 13.1 Å². The van der Waals surface area contributed by atoms with Crippen LogP contribution in [0.25, 0.3) is 11.3 Å². The van der Waals surface area contributed by atoms with Crippen molar-refractivity contribution >= 4 is 5.91 Å². The van der Waals surface area contributed by atoms with E-state index in [1.54, 1.807) is 23.4 Å². The second-order valence-electron chi connectivity index (χ2n) is 6.44. The number of aryl methyl sites for hydroxylation is 1. The maximum absolute atomic E-state index is 12.5. The Morgan fingerprint density at radius 1 is 1.15 bits per heavy atom. The third kappa shape index (κ3) is 3.61. The minimum absolute atomic E-state index is 0.173. The van der Waals surface area contributed by atoms with Crippen LogP contribution in [0.3, 0.4) is 0 Å². The van der Waals surface area contributed by atoms with E-state index in [9.17, 15) is 4.79 Å². The number of rotatable bonds is 5. The molecule has 1 atom stereocenters. The van der Waals surface area contributed by atoms with Crippen LogP contribution in [0.2, 0.25) is 0 Å². The molecule has 1 aliphatic rings. The minimum Gasteiger partial charge on any atom is -0.342 e. The number of amides is 1. The Bertz CT molecular complexity index is 865. The lowest BCUT2D eigenvalue weighted by Crippen LogP contribution is -2.29. The Morgan fingerprint density at radius 2 is 2.04 bits per heavy atom. The van der Waals surface area contributed by atoms with Crippen LogP contribution in [0.15, 0.2) is 55.5 Å². The fraction of sp³-hybridized carbons (Fsp3) is 0.316. The summed E-state index contributed by atoms with van der Waals surface area (Å²) >= 11 is 0. The Labute approximate surface area is 151 Å². The van der Waals surface area contributed by atoms with E-state index in [0.717, 1.165) is 30.8 Å². The van der Waals surface area contributed by atoms with Crippen LogP contribution in [0, 0.1) is 0 Å².